The van der Waals surface area contributed by atoms with Crippen LogP contribution in [0.4, 0.5) is 0 Å². The van der Waals surface area contributed by atoms with Crippen molar-refractivity contribution < 1.29 is 10.2 Å². The molecule has 1 atom stereocenters. The van der Waals surface area contributed by atoms with Gasteiger partial charge in [0.25, 0.3) is 0 Å². The summed E-state index contributed by atoms with van der Waals surface area (Å²) in [7, 11) is 0. The first-order valence-electron chi connectivity index (χ1n) is 5.96. The first kappa shape index (κ1) is 12.9. The van der Waals surface area contributed by atoms with Crippen molar-refractivity contribution in [2.75, 3.05) is 26.3 Å². The smallest absolute Gasteiger partial charge is 0.0647 e. The molecule has 1 unspecified atom stereocenters. The van der Waals surface area contributed by atoms with E-state index in [0.29, 0.717) is 6.04 Å². The van der Waals surface area contributed by atoms with Crippen molar-refractivity contribution in [3.8, 4) is 0 Å². The van der Waals surface area contributed by atoms with Crippen LogP contribution in [0, 0.1) is 0 Å². The zero-order valence-electron chi connectivity index (χ0n) is 9.63. The molecule has 15 heavy (non-hydrogen) atoms. The van der Waals surface area contributed by atoms with Crippen LogP contribution in [0.25, 0.3) is 0 Å². The van der Waals surface area contributed by atoms with Crippen LogP contribution >= 0.6 is 0 Å². The van der Waals surface area contributed by atoms with Gasteiger partial charge >= 0.3 is 0 Å². The second-order valence-electron chi connectivity index (χ2n) is 4.47. The summed E-state index contributed by atoms with van der Waals surface area (Å²) in [6.07, 6.45) is 4.11. The van der Waals surface area contributed by atoms with Crippen molar-refractivity contribution in [3.05, 3.63) is 0 Å². The van der Waals surface area contributed by atoms with E-state index < -0.39 is 5.54 Å². The molecule has 0 bridgehead atoms. The molecule has 0 aromatic heterocycles. The summed E-state index contributed by atoms with van der Waals surface area (Å²) in [5, 5.41) is 25.4. The second kappa shape index (κ2) is 6.43. The molecule has 0 spiro atoms. The number of rotatable bonds is 5. The highest BCUT2D eigenvalue weighted by molar-refractivity contribution is 4.89. The van der Waals surface area contributed by atoms with Gasteiger partial charge in [0, 0.05) is 6.04 Å². The molecule has 0 aromatic carbocycles. The largest absolute Gasteiger partial charge is 0.394 e. The summed E-state index contributed by atoms with van der Waals surface area (Å²) in [4.78, 5) is 0. The van der Waals surface area contributed by atoms with E-state index in [-0.39, 0.29) is 13.2 Å². The van der Waals surface area contributed by atoms with Gasteiger partial charge in [0.05, 0.1) is 18.8 Å². The van der Waals surface area contributed by atoms with Gasteiger partial charge in [-0.15, -0.1) is 0 Å². The van der Waals surface area contributed by atoms with Crippen LogP contribution in [0.15, 0.2) is 0 Å². The Hall–Kier alpha value is -0.160. The van der Waals surface area contributed by atoms with Gasteiger partial charge in [-0.3, -0.25) is 0 Å². The molecule has 4 nitrogen and oxygen atoms in total. The molecule has 0 aliphatic carbocycles. The minimum absolute atomic E-state index is 0.00390. The molecule has 0 radical (unpaired) electrons. The van der Waals surface area contributed by atoms with Crippen molar-refractivity contribution in [1.29, 1.82) is 0 Å². The van der Waals surface area contributed by atoms with Gasteiger partial charge < -0.3 is 20.8 Å². The Kier molecular flexibility index (Phi) is 5.53. The van der Waals surface area contributed by atoms with Gasteiger partial charge in [-0.25, -0.2) is 0 Å². The van der Waals surface area contributed by atoms with Gasteiger partial charge in [0.15, 0.2) is 0 Å². The Bertz CT molecular complexity index is 156. The number of aliphatic hydroxyl groups is 2. The maximum Gasteiger partial charge on any atom is 0.0647 e. The summed E-state index contributed by atoms with van der Waals surface area (Å²) in [6.45, 7) is 4.10. The van der Waals surface area contributed by atoms with Crippen LogP contribution in [0.1, 0.15) is 32.6 Å². The van der Waals surface area contributed by atoms with Crippen molar-refractivity contribution >= 4 is 0 Å². The van der Waals surface area contributed by atoms with E-state index in [1.807, 2.05) is 6.92 Å². The Morgan fingerprint density at radius 3 is 2.60 bits per heavy atom. The standard InChI is InChI=1S/C11H24N2O2/c1-2-11(8-14,9-15)13-10-4-3-6-12-7-5-10/h10,12-15H,2-9H2,1H3. The highest BCUT2D eigenvalue weighted by Crippen LogP contribution is 2.14. The summed E-state index contributed by atoms with van der Waals surface area (Å²) in [5.74, 6) is 0. The Morgan fingerprint density at radius 1 is 1.27 bits per heavy atom. The third-order valence-corrected chi connectivity index (χ3v) is 3.37. The number of nitrogens with one attached hydrogen (secondary N) is 2. The molecular weight excluding hydrogens is 192 g/mol. The highest BCUT2D eigenvalue weighted by atomic mass is 16.3. The predicted molar refractivity (Wildman–Crippen MR) is 60.8 cm³/mol. The summed E-state index contributed by atoms with van der Waals surface area (Å²) < 4.78 is 0. The molecule has 1 aliphatic heterocycles. The van der Waals surface area contributed by atoms with Crippen LogP contribution in [0.2, 0.25) is 0 Å². The molecule has 1 rings (SSSR count). The van der Waals surface area contributed by atoms with Crippen LogP contribution in [-0.4, -0.2) is 48.1 Å². The number of hydrogen-bond donors (Lipinski definition) is 4. The molecule has 1 heterocycles. The molecule has 0 aromatic rings. The monoisotopic (exact) mass is 216 g/mol. The molecule has 90 valence electrons. The van der Waals surface area contributed by atoms with E-state index in [9.17, 15) is 10.2 Å². The lowest BCUT2D eigenvalue weighted by molar-refractivity contribution is 0.0759. The minimum Gasteiger partial charge on any atom is -0.394 e. The summed E-state index contributed by atoms with van der Waals surface area (Å²) in [6, 6.07) is 0.416. The SMILES string of the molecule is CCC(CO)(CO)NC1CCCNCC1. The molecule has 0 amide bonds. The Balaban J connectivity index is 2.48. The van der Waals surface area contributed by atoms with Gasteiger partial charge in [0.2, 0.25) is 0 Å². The molecule has 4 N–H and O–H groups in total. The first-order chi connectivity index (χ1) is 7.26. The van der Waals surface area contributed by atoms with E-state index in [0.717, 1.165) is 38.8 Å². The average Bonchev–Trinajstić information content (AvgIpc) is 2.54. The zero-order valence-corrected chi connectivity index (χ0v) is 9.63. The van der Waals surface area contributed by atoms with Crippen LogP contribution < -0.4 is 10.6 Å². The van der Waals surface area contributed by atoms with E-state index in [1.54, 1.807) is 0 Å². The quantitative estimate of drug-likeness (QED) is 0.516. The Labute approximate surface area is 92.1 Å². The van der Waals surface area contributed by atoms with Gasteiger partial charge in [-0.1, -0.05) is 6.92 Å². The lowest BCUT2D eigenvalue weighted by Crippen LogP contribution is -2.55. The molecular formula is C11H24N2O2. The van der Waals surface area contributed by atoms with Crippen LogP contribution in [0.5, 0.6) is 0 Å². The molecule has 1 aliphatic rings. The molecule has 4 heteroatoms. The fraction of sp³-hybridized carbons (Fsp3) is 1.00. The normalized spacial score (nSPS) is 23.8. The second-order valence-corrected chi connectivity index (χ2v) is 4.47. The fourth-order valence-corrected chi connectivity index (χ4v) is 2.06. The van der Waals surface area contributed by atoms with Crippen molar-refractivity contribution in [3.63, 3.8) is 0 Å². The lowest BCUT2D eigenvalue weighted by Gasteiger charge is -2.34. The Morgan fingerprint density at radius 2 is 2.00 bits per heavy atom. The highest BCUT2D eigenvalue weighted by Gasteiger charge is 2.29. The number of aliphatic hydroxyl groups excluding tert-OH is 2. The molecule has 1 fully saturated rings. The molecule has 1 saturated heterocycles. The maximum absolute atomic E-state index is 9.34. The van der Waals surface area contributed by atoms with Crippen molar-refractivity contribution in [2.45, 2.75) is 44.2 Å². The third kappa shape index (κ3) is 3.72. The van der Waals surface area contributed by atoms with Gasteiger partial charge in [0.1, 0.15) is 0 Å². The van der Waals surface area contributed by atoms with Crippen LogP contribution in [-0.2, 0) is 0 Å². The summed E-state index contributed by atoms with van der Waals surface area (Å²) >= 11 is 0. The minimum atomic E-state index is -0.491. The van der Waals surface area contributed by atoms with Crippen molar-refractivity contribution in [2.24, 2.45) is 0 Å². The average molecular weight is 216 g/mol. The first-order valence-corrected chi connectivity index (χ1v) is 5.96. The predicted octanol–water partition coefficient (Wildman–Crippen LogP) is -0.148. The van der Waals surface area contributed by atoms with Crippen LogP contribution in [0.3, 0.4) is 0 Å². The van der Waals surface area contributed by atoms with Gasteiger partial charge in [-0.2, -0.15) is 0 Å². The van der Waals surface area contributed by atoms with E-state index in [4.69, 9.17) is 0 Å². The molecule has 0 saturated carbocycles. The maximum atomic E-state index is 9.34. The summed E-state index contributed by atoms with van der Waals surface area (Å²) in [5.41, 5.74) is -0.491. The van der Waals surface area contributed by atoms with Crippen molar-refractivity contribution in [1.82, 2.24) is 10.6 Å². The number of hydrogen-bond acceptors (Lipinski definition) is 4. The van der Waals surface area contributed by atoms with Gasteiger partial charge in [-0.05, 0) is 38.8 Å². The third-order valence-electron chi connectivity index (χ3n) is 3.37. The topological polar surface area (TPSA) is 64.5 Å². The lowest BCUT2D eigenvalue weighted by atomic mass is 9.95. The van der Waals surface area contributed by atoms with E-state index >= 15 is 0 Å². The fourth-order valence-electron chi connectivity index (χ4n) is 2.06. The zero-order chi connectivity index (χ0) is 11.1. The van der Waals surface area contributed by atoms with E-state index in [1.165, 1.54) is 0 Å². The van der Waals surface area contributed by atoms with E-state index in [2.05, 4.69) is 10.6 Å².